The van der Waals surface area contributed by atoms with Crippen LogP contribution in [0.25, 0.3) is 0 Å². The molecule has 27 heavy (non-hydrogen) atoms. The number of likely N-dealkylation sites (tertiary alicyclic amines) is 1. The van der Waals surface area contributed by atoms with E-state index in [1.54, 1.807) is 0 Å². The molecule has 2 N–H and O–H groups in total. The number of methoxy groups -OCH3 is 1. The molecule has 8 nitrogen and oxygen atoms in total. The molecule has 1 amide bonds. The minimum atomic E-state index is -3.62. The quantitative estimate of drug-likeness (QED) is 0.680. The second kappa shape index (κ2) is 8.37. The minimum absolute atomic E-state index is 0.0326. The smallest absolute Gasteiger partial charge is 0.313 e. The van der Waals surface area contributed by atoms with E-state index >= 15 is 0 Å². The summed E-state index contributed by atoms with van der Waals surface area (Å²) < 4.78 is 32.0. The van der Waals surface area contributed by atoms with E-state index in [-0.39, 0.29) is 29.9 Å². The topological polar surface area (TPSA) is 113 Å². The van der Waals surface area contributed by atoms with Crippen molar-refractivity contribution in [1.29, 1.82) is 0 Å². The first-order valence-electron chi connectivity index (χ1n) is 8.72. The highest BCUT2D eigenvalue weighted by Gasteiger charge is 2.46. The third-order valence-electron chi connectivity index (χ3n) is 4.61. The van der Waals surface area contributed by atoms with Crippen LogP contribution in [0.4, 0.5) is 0 Å². The average Bonchev–Trinajstić information content (AvgIpc) is 3.05. The standard InChI is InChI=1S/C18H26N2O6S/c1-13(2)10-19-27(24,25)15-6-4-14(5-7-15)16(21)20-9-8-18(11-20,12-26-3)17(22)23/h4-7,13,19H,8-12H2,1-3H3,(H,22,23). The molecule has 1 aliphatic heterocycles. The lowest BCUT2D eigenvalue weighted by atomic mass is 9.88. The van der Waals surface area contributed by atoms with Crippen molar-refractivity contribution < 1.29 is 27.9 Å². The van der Waals surface area contributed by atoms with E-state index in [1.165, 1.54) is 36.3 Å². The summed E-state index contributed by atoms with van der Waals surface area (Å²) in [7, 11) is -2.19. The normalized spacial score (nSPS) is 20.2. The van der Waals surface area contributed by atoms with Crippen LogP contribution in [0.5, 0.6) is 0 Å². The maximum Gasteiger partial charge on any atom is 0.313 e. The number of nitrogens with zero attached hydrogens (tertiary/aromatic N) is 1. The van der Waals surface area contributed by atoms with Crippen molar-refractivity contribution >= 4 is 21.9 Å². The number of rotatable bonds is 8. The third kappa shape index (κ3) is 4.85. The molecule has 150 valence electrons. The summed E-state index contributed by atoms with van der Waals surface area (Å²) in [5.41, 5.74) is -0.787. The van der Waals surface area contributed by atoms with Gasteiger partial charge < -0.3 is 14.7 Å². The Balaban J connectivity index is 2.11. The lowest BCUT2D eigenvalue weighted by molar-refractivity contribution is -0.151. The lowest BCUT2D eigenvalue weighted by Crippen LogP contribution is -2.40. The van der Waals surface area contributed by atoms with E-state index in [4.69, 9.17) is 4.74 Å². The summed E-state index contributed by atoms with van der Waals surface area (Å²) in [6.07, 6.45) is 0.313. The molecule has 1 heterocycles. The number of carbonyl (C=O) groups excluding carboxylic acids is 1. The van der Waals surface area contributed by atoms with Gasteiger partial charge in [-0.1, -0.05) is 13.8 Å². The van der Waals surface area contributed by atoms with Crippen molar-refractivity contribution in [3.63, 3.8) is 0 Å². The minimum Gasteiger partial charge on any atom is -0.481 e. The van der Waals surface area contributed by atoms with Gasteiger partial charge in [0.05, 0.1) is 11.5 Å². The van der Waals surface area contributed by atoms with Crippen LogP contribution in [0, 0.1) is 11.3 Å². The molecular weight excluding hydrogens is 372 g/mol. The third-order valence-corrected chi connectivity index (χ3v) is 6.05. The zero-order chi connectivity index (χ0) is 20.2. The maximum atomic E-state index is 12.7. The summed E-state index contributed by atoms with van der Waals surface area (Å²) in [5.74, 6) is -1.14. The summed E-state index contributed by atoms with van der Waals surface area (Å²) in [4.78, 5) is 25.8. The molecule has 0 aliphatic carbocycles. The van der Waals surface area contributed by atoms with Crippen molar-refractivity contribution in [3.05, 3.63) is 29.8 Å². The molecule has 2 rings (SSSR count). The van der Waals surface area contributed by atoms with E-state index in [2.05, 4.69) is 4.72 Å². The molecular formula is C18H26N2O6S. The summed E-state index contributed by atoms with van der Waals surface area (Å²) in [5, 5.41) is 9.49. The van der Waals surface area contributed by atoms with E-state index in [0.717, 1.165) is 0 Å². The van der Waals surface area contributed by atoms with Crippen molar-refractivity contribution in [2.24, 2.45) is 11.3 Å². The fraction of sp³-hybridized carbons (Fsp3) is 0.556. The van der Waals surface area contributed by atoms with Crippen molar-refractivity contribution in [3.8, 4) is 0 Å². The van der Waals surface area contributed by atoms with Gasteiger partial charge in [-0.15, -0.1) is 0 Å². The zero-order valence-electron chi connectivity index (χ0n) is 15.8. The number of carboxylic acids is 1. The average molecular weight is 398 g/mol. The number of amides is 1. The number of sulfonamides is 1. The fourth-order valence-electron chi connectivity index (χ4n) is 3.00. The molecule has 9 heteroatoms. The van der Waals surface area contributed by atoms with Gasteiger partial charge in [0.15, 0.2) is 0 Å². The van der Waals surface area contributed by atoms with Crippen LogP contribution in [0.1, 0.15) is 30.6 Å². The number of hydrogen-bond acceptors (Lipinski definition) is 5. The molecule has 1 aliphatic rings. The van der Waals surface area contributed by atoms with Crippen LogP contribution in [0.3, 0.4) is 0 Å². The SMILES string of the molecule is COCC1(C(=O)O)CCN(C(=O)c2ccc(S(=O)(=O)NCC(C)C)cc2)C1. The highest BCUT2D eigenvalue weighted by molar-refractivity contribution is 7.89. The van der Waals surface area contributed by atoms with Crippen LogP contribution in [0.15, 0.2) is 29.2 Å². The van der Waals surface area contributed by atoms with Gasteiger partial charge in [-0.3, -0.25) is 9.59 Å². The lowest BCUT2D eigenvalue weighted by Gasteiger charge is -2.23. The van der Waals surface area contributed by atoms with Crippen molar-refractivity contribution in [2.75, 3.05) is 33.4 Å². The highest BCUT2D eigenvalue weighted by Crippen LogP contribution is 2.32. The van der Waals surface area contributed by atoms with Gasteiger partial charge in [-0.2, -0.15) is 0 Å². The fourth-order valence-corrected chi connectivity index (χ4v) is 4.21. The zero-order valence-corrected chi connectivity index (χ0v) is 16.6. The Labute approximate surface area is 159 Å². The Morgan fingerprint density at radius 2 is 1.93 bits per heavy atom. The van der Waals surface area contributed by atoms with Gasteiger partial charge in [0.1, 0.15) is 5.41 Å². The summed E-state index contributed by atoms with van der Waals surface area (Å²) in [6, 6.07) is 5.66. The van der Waals surface area contributed by atoms with Crippen molar-refractivity contribution in [2.45, 2.75) is 25.2 Å². The predicted molar refractivity (Wildman–Crippen MR) is 98.9 cm³/mol. The number of hydrogen-bond donors (Lipinski definition) is 2. The molecule has 0 spiro atoms. The monoisotopic (exact) mass is 398 g/mol. The molecule has 1 saturated heterocycles. The second-order valence-electron chi connectivity index (χ2n) is 7.27. The first kappa shape index (κ1) is 21.3. The van der Waals surface area contributed by atoms with E-state index in [0.29, 0.717) is 25.1 Å². The van der Waals surface area contributed by atoms with E-state index in [9.17, 15) is 23.1 Å². The number of benzene rings is 1. The first-order chi connectivity index (χ1) is 12.6. The van der Waals surface area contributed by atoms with Gasteiger partial charge in [-0.05, 0) is 36.6 Å². The van der Waals surface area contributed by atoms with Gasteiger partial charge in [0.2, 0.25) is 10.0 Å². The van der Waals surface area contributed by atoms with Crippen LogP contribution in [0.2, 0.25) is 0 Å². The molecule has 1 fully saturated rings. The van der Waals surface area contributed by atoms with Crippen LogP contribution in [-0.2, 0) is 19.6 Å². The van der Waals surface area contributed by atoms with Crippen LogP contribution < -0.4 is 4.72 Å². The predicted octanol–water partition coefficient (Wildman–Crippen LogP) is 1.18. The van der Waals surface area contributed by atoms with E-state index < -0.39 is 21.4 Å². The Morgan fingerprint density at radius 3 is 2.44 bits per heavy atom. The first-order valence-corrected chi connectivity index (χ1v) is 10.2. The molecule has 1 aromatic rings. The number of aliphatic carboxylic acids is 1. The summed E-state index contributed by atoms with van der Waals surface area (Å²) >= 11 is 0. The maximum absolute atomic E-state index is 12.7. The van der Waals surface area contributed by atoms with Crippen LogP contribution in [-0.4, -0.2) is 63.7 Å². The molecule has 1 unspecified atom stereocenters. The molecule has 1 atom stereocenters. The van der Waals surface area contributed by atoms with Crippen LogP contribution >= 0.6 is 0 Å². The number of ether oxygens (including phenoxy) is 1. The van der Waals surface area contributed by atoms with Gasteiger partial charge >= 0.3 is 5.97 Å². The number of carbonyl (C=O) groups is 2. The Hall–Kier alpha value is -1.97. The Morgan fingerprint density at radius 1 is 1.30 bits per heavy atom. The highest BCUT2D eigenvalue weighted by atomic mass is 32.2. The molecule has 0 aromatic heterocycles. The Bertz CT molecular complexity index is 791. The second-order valence-corrected chi connectivity index (χ2v) is 9.03. The van der Waals surface area contributed by atoms with Gasteiger partial charge in [0.25, 0.3) is 5.91 Å². The molecule has 0 saturated carbocycles. The van der Waals surface area contributed by atoms with Gasteiger partial charge in [-0.25, -0.2) is 13.1 Å². The Kier molecular flexibility index (Phi) is 6.61. The van der Waals surface area contributed by atoms with E-state index in [1.807, 2.05) is 13.8 Å². The number of nitrogens with one attached hydrogen (secondary N) is 1. The van der Waals surface area contributed by atoms with Crippen molar-refractivity contribution in [1.82, 2.24) is 9.62 Å². The number of carboxylic acid groups (broad SMARTS) is 1. The summed E-state index contributed by atoms with van der Waals surface area (Å²) in [6.45, 7) is 4.54. The molecule has 1 aromatic carbocycles. The molecule has 0 bridgehead atoms. The van der Waals surface area contributed by atoms with Gasteiger partial charge in [0, 0.05) is 32.3 Å². The molecule has 0 radical (unpaired) electrons. The largest absolute Gasteiger partial charge is 0.481 e.